The number of hydrogen-bond acceptors (Lipinski definition) is 6. The molecule has 0 fully saturated rings. The molecule has 0 aliphatic carbocycles. The monoisotopic (exact) mass is 367 g/mol. The average molecular weight is 367 g/mol. The number of allylic oxidation sites excluding steroid dienone is 1. The molecule has 0 heterocycles. The fourth-order valence-electron chi connectivity index (χ4n) is 2.49. The van der Waals surface area contributed by atoms with Gasteiger partial charge in [0, 0.05) is 17.8 Å². The molecule has 0 saturated heterocycles. The molecule has 0 saturated carbocycles. The van der Waals surface area contributed by atoms with Crippen molar-refractivity contribution in [3.8, 4) is 0 Å². The van der Waals surface area contributed by atoms with Crippen LogP contribution in [0.5, 0.6) is 0 Å². The average Bonchev–Trinajstić information content (AvgIpc) is 2.68. The summed E-state index contributed by atoms with van der Waals surface area (Å²) in [6.07, 6.45) is 2.79. The van der Waals surface area contributed by atoms with Gasteiger partial charge in [-0.2, -0.15) is 0 Å². The Morgan fingerprint density at radius 2 is 1.59 bits per heavy atom. The first-order valence-corrected chi connectivity index (χ1v) is 8.22. The molecule has 1 N–H and O–H groups in total. The van der Waals surface area contributed by atoms with Crippen molar-refractivity contribution in [1.82, 2.24) is 0 Å². The van der Waals surface area contributed by atoms with Crippen LogP contribution in [0.25, 0.3) is 0 Å². The van der Waals surface area contributed by atoms with Crippen molar-refractivity contribution in [1.29, 1.82) is 0 Å². The molecule has 0 aromatic heterocycles. The molecule has 140 valence electrons. The molecule has 0 aliphatic rings. The number of ketones is 1. The Morgan fingerprint density at radius 3 is 2.26 bits per heavy atom. The van der Waals surface area contributed by atoms with Crippen LogP contribution < -0.4 is 5.32 Å². The van der Waals surface area contributed by atoms with Gasteiger partial charge in [0.2, 0.25) is 0 Å². The zero-order valence-electron chi connectivity index (χ0n) is 15.7. The van der Waals surface area contributed by atoms with E-state index in [1.165, 1.54) is 44.7 Å². The minimum absolute atomic E-state index is 0.174. The van der Waals surface area contributed by atoms with Gasteiger partial charge < -0.3 is 14.8 Å². The topological polar surface area (TPSA) is 81.7 Å². The number of methoxy groups -OCH3 is 2. The number of carbonyl (C=O) groups excluding carboxylic acids is 3. The predicted molar refractivity (Wildman–Crippen MR) is 102 cm³/mol. The molecule has 0 aliphatic heterocycles. The highest BCUT2D eigenvalue weighted by atomic mass is 16.5. The third-order valence-corrected chi connectivity index (χ3v) is 3.98. The van der Waals surface area contributed by atoms with Gasteiger partial charge in [0.1, 0.15) is 0 Å². The molecular weight excluding hydrogens is 346 g/mol. The smallest absolute Gasteiger partial charge is 0.339 e. The molecule has 0 amide bonds. The van der Waals surface area contributed by atoms with E-state index in [0.717, 1.165) is 11.1 Å². The van der Waals surface area contributed by atoms with E-state index in [9.17, 15) is 14.4 Å². The Bertz CT molecular complexity index is 915. The van der Waals surface area contributed by atoms with Crippen LogP contribution in [-0.2, 0) is 9.47 Å². The van der Waals surface area contributed by atoms with Crippen LogP contribution in [0, 0.1) is 13.8 Å². The van der Waals surface area contributed by atoms with Crippen molar-refractivity contribution < 1.29 is 23.9 Å². The Labute approximate surface area is 157 Å². The lowest BCUT2D eigenvalue weighted by molar-refractivity contribution is 0.0587. The summed E-state index contributed by atoms with van der Waals surface area (Å²) < 4.78 is 9.43. The van der Waals surface area contributed by atoms with Crippen molar-refractivity contribution in [2.24, 2.45) is 0 Å². The molecule has 6 nitrogen and oxygen atoms in total. The number of carbonyl (C=O) groups is 3. The summed E-state index contributed by atoms with van der Waals surface area (Å²) in [6, 6.07) is 10.0. The van der Waals surface area contributed by atoms with Gasteiger partial charge in [0.15, 0.2) is 5.78 Å². The van der Waals surface area contributed by atoms with Crippen LogP contribution in [0.1, 0.15) is 42.2 Å². The number of nitrogens with one attached hydrogen (secondary N) is 1. The van der Waals surface area contributed by atoms with Crippen LogP contribution >= 0.6 is 0 Å². The highest BCUT2D eigenvalue weighted by molar-refractivity contribution is 6.06. The highest BCUT2D eigenvalue weighted by Crippen LogP contribution is 2.20. The first-order valence-electron chi connectivity index (χ1n) is 8.22. The fraction of sp³-hybridized carbons (Fsp3) is 0.190. The van der Waals surface area contributed by atoms with Crippen LogP contribution in [0.2, 0.25) is 0 Å². The van der Waals surface area contributed by atoms with E-state index < -0.39 is 11.9 Å². The lowest BCUT2D eigenvalue weighted by Crippen LogP contribution is -2.09. The van der Waals surface area contributed by atoms with E-state index >= 15 is 0 Å². The summed E-state index contributed by atoms with van der Waals surface area (Å²) in [7, 11) is 2.53. The van der Waals surface area contributed by atoms with E-state index in [-0.39, 0.29) is 16.9 Å². The third-order valence-electron chi connectivity index (χ3n) is 3.98. The van der Waals surface area contributed by atoms with Crippen LogP contribution in [0.4, 0.5) is 5.69 Å². The quantitative estimate of drug-likeness (QED) is 0.476. The summed E-state index contributed by atoms with van der Waals surface area (Å²) >= 11 is 0. The second-order valence-corrected chi connectivity index (χ2v) is 5.90. The van der Waals surface area contributed by atoms with Gasteiger partial charge in [-0.25, -0.2) is 9.59 Å². The molecule has 0 bridgehead atoms. The zero-order valence-corrected chi connectivity index (χ0v) is 15.7. The maximum atomic E-state index is 12.4. The van der Waals surface area contributed by atoms with Crippen molar-refractivity contribution >= 4 is 23.4 Å². The molecule has 2 aromatic rings. The summed E-state index contributed by atoms with van der Waals surface area (Å²) in [6.45, 7) is 3.78. The molecule has 0 atom stereocenters. The van der Waals surface area contributed by atoms with Crippen molar-refractivity contribution in [2.45, 2.75) is 13.8 Å². The number of benzene rings is 2. The Balaban J connectivity index is 2.28. The number of ether oxygens (including phenoxy) is 2. The van der Waals surface area contributed by atoms with Crippen LogP contribution in [-0.4, -0.2) is 31.9 Å². The number of anilines is 1. The van der Waals surface area contributed by atoms with Gasteiger partial charge in [-0.1, -0.05) is 17.7 Å². The molecule has 0 spiro atoms. The molecule has 6 heteroatoms. The summed E-state index contributed by atoms with van der Waals surface area (Å²) in [5.41, 5.74) is 3.29. The van der Waals surface area contributed by atoms with Crippen molar-refractivity contribution in [2.75, 3.05) is 19.5 Å². The van der Waals surface area contributed by atoms with E-state index in [2.05, 4.69) is 10.1 Å². The number of aryl methyl sites for hydroxylation is 2. The molecule has 2 aromatic carbocycles. The minimum atomic E-state index is -0.567. The minimum Gasteiger partial charge on any atom is -0.465 e. The molecule has 0 unspecified atom stereocenters. The Hall–Kier alpha value is -3.41. The summed E-state index contributed by atoms with van der Waals surface area (Å²) in [4.78, 5) is 36.0. The van der Waals surface area contributed by atoms with Crippen molar-refractivity contribution in [3.05, 3.63) is 76.5 Å². The largest absolute Gasteiger partial charge is 0.465 e. The van der Waals surface area contributed by atoms with Gasteiger partial charge in [-0.05, 0) is 43.7 Å². The van der Waals surface area contributed by atoms with Crippen molar-refractivity contribution in [3.63, 3.8) is 0 Å². The molecular formula is C21H21NO5. The first-order chi connectivity index (χ1) is 12.9. The summed E-state index contributed by atoms with van der Waals surface area (Å²) in [5.74, 6) is -1.28. The second-order valence-electron chi connectivity index (χ2n) is 5.90. The maximum Gasteiger partial charge on any atom is 0.339 e. The van der Waals surface area contributed by atoms with E-state index in [1.54, 1.807) is 0 Å². The van der Waals surface area contributed by atoms with Gasteiger partial charge in [-0.15, -0.1) is 0 Å². The lowest BCUT2D eigenvalue weighted by atomic mass is 10.0. The number of esters is 2. The number of hydrogen-bond donors (Lipinski definition) is 1. The van der Waals surface area contributed by atoms with E-state index in [0.29, 0.717) is 11.3 Å². The second kappa shape index (κ2) is 8.80. The lowest BCUT2D eigenvalue weighted by Gasteiger charge is -2.09. The molecule has 27 heavy (non-hydrogen) atoms. The summed E-state index contributed by atoms with van der Waals surface area (Å²) in [5, 5.41) is 2.87. The van der Waals surface area contributed by atoms with E-state index in [4.69, 9.17) is 4.74 Å². The SMILES string of the molecule is COC(=O)c1ccc(C(=O)OC)c(N/C=C/C(=O)c2cc(C)ccc2C)c1. The molecule has 2 rings (SSSR count). The van der Waals surface area contributed by atoms with Crippen LogP contribution in [0.15, 0.2) is 48.7 Å². The predicted octanol–water partition coefficient (Wildman–Crippen LogP) is 3.69. The Morgan fingerprint density at radius 1 is 0.889 bits per heavy atom. The number of rotatable bonds is 6. The normalized spacial score (nSPS) is 10.5. The first kappa shape index (κ1) is 19.9. The van der Waals surface area contributed by atoms with Gasteiger partial charge in [0.05, 0.1) is 31.0 Å². The fourth-order valence-corrected chi connectivity index (χ4v) is 2.49. The van der Waals surface area contributed by atoms with Gasteiger partial charge in [0.25, 0.3) is 0 Å². The highest BCUT2D eigenvalue weighted by Gasteiger charge is 2.15. The van der Waals surface area contributed by atoms with Gasteiger partial charge >= 0.3 is 11.9 Å². The van der Waals surface area contributed by atoms with E-state index in [1.807, 2.05) is 32.0 Å². The van der Waals surface area contributed by atoms with Gasteiger partial charge in [-0.3, -0.25) is 4.79 Å². The Kier molecular flexibility index (Phi) is 6.49. The van der Waals surface area contributed by atoms with Crippen LogP contribution in [0.3, 0.4) is 0 Å². The zero-order chi connectivity index (χ0) is 20.0. The molecule has 0 radical (unpaired) electrons. The maximum absolute atomic E-state index is 12.4. The standard InChI is InChI=1S/C21H21NO5/c1-13-5-6-14(2)17(11-13)19(23)9-10-22-18-12-15(20(24)26-3)7-8-16(18)21(25)27-4/h5-12,22H,1-4H3/b10-9+. The third kappa shape index (κ3) is 4.82.